The van der Waals surface area contributed by atoms with E-state index in [2.05, 4.69) is 27.7 Å². The second-order valence-corrected chi connectivity index (χ2v) is 6.23. The number of hydrogen-bond acceptors (Lipinski definition) is 1. The Morgan fingerprint density at radius 2 is 1.74 bits per heavy atom. The van der Waals surface area contributed by atoms with Gasteiger partial charge in [0.15, 0.2) is 0 Å². The molecular weight excluding hydrogens is 251 g/mol. The number of halogens is 3. The Hall–Kier alpha value is -1.03. The second kappa shape index (κ2) is 5.53. The number of nitrogens with two attached hydrogens (primary N) is 1. The summed E-state index contributed by atoms with van der Waals surface area (Å²) in [7, 11) is 0. The molecule has 1 nitrogen and oxygen atoms in total. The van der Waals surface area contributed by atoms with Crippen LogP contribution < -0.4 is 5.73 Å². The van der Waals surface area contributed by atoms with Gasteiger partial charge < -0.3 is 5.73 Å². The fourth-order valence-electron chi connectivity index (χ4n) is 1.82. The van der Waals surface area contributed by atoms with E-state index in [0.717, 1.165) is 12.1 Å². The van der Waals surface area contributed by atoms with Crippen molar-refractivity contribution in [3.8, 4) is 0 Å². The molecule has 1 aromatic carbocycles. The molecule has 0 aliphatic carbocycles. The smallest absolute Gasteiger partial charge is 0.324 e. The van der Waals surface area contributed by atoms with E-state index < -0.39 is 11.7 Å². The van der Waals surface area contributed by atoms with Gasteiger partial charge >= 0.3 is 6.18 Å². The molecule has 0 aliphatic rings. The summed E-state index contributed by atoms with van der Waals surface area (Å²) in [6, 6.07) is 4.94. The van der Waals surface area contributed by atoms with Gasteiger partial charge in [-0.1, -0.05) is 39.8 Å². The lowest BCUT2D eigenvalue weighted by atomic mass is 9.77. The molecule has 2 atom stereocenters. The van der Waals surface area contributed by atoms with Crippen molar-refractivity contribution in [1.82, 2.24) is 0 Å². The second-order valence-electron chi connectivity index (χ2n) is 6.23. The first kappa shape index (κ1) is 16.0. The molecule has 0 aromatic heterocycles. The molecule has 0 aliphatic heterocycles. The van der Waals surface area contributed by atoms with Crippen LogP contribution in [0.1, 0.15) is 51.3 Å². The van der Waals surface area contributed by atoms with Crippen molar-refractivity contribution in [3.05, 3.63) is 35.4 Å². The fourth-order valence-corrected chi connectivity index (χ4v) is 1.82. The van der Waals surface area contributed by atoms with Crippen LogP contribution in [0.2, 0.25) is 0 Å². The van der Waals surface area contributed by atoms with Crippen LogP contribution in [0.4, 0.5) is 13.2 Å². The SMILES string of the molecule is CC(CC(N)c1cccc(C(F)(F)F)c1)C(C)(C)C. The zero-order valence-electron chi connectivity index (χ0n) is 11.9. The van der Waals surface area contributed by atoms with E-state index >= 15 is 0 Å². The van der Waals surface area contributed by atoms with Crippen molar-refractivity contribution in [1.29, 1.82) is 0 Å². The van der Waals surface area contributed by atoms with Crippen LogP contribution in [0.3, 0.4) is 0 Å². The molecule has 0 spiro atoms. The number of alkyl halides is 3. The lowest BCUT2D eigenvalue weighted by Crippen LogP contribution is -2.23. The van der Waals surface area contributed by atoms with Crippen LogP contribution in [0.25, 0.3) is 0 Å². The van der Waals surface area contributed by atoms with Crippen LogP contribution in [-0.4, -0.2) is 0 Å². The van der Waals surface area contributed by atoms with Crippen molar-refractivity contribution in [3.63, 3.8) is 0 Å². The van der Waals surface area contributed by atoms with E-state index in [9.17, 15) is 13.2 Å². The minimum atomic E-state index is -4.31. The average Bonchev–Trinajstić information content (AvgIpc) is 2.26. The monoisotopic (exact) mass is 273 g/mol. The Morgan fingerprint density at radius 3 is 2.21 bits per heavy atom. The van der Waals surface area contributed by atoms with Crippen molar-refractivity contribution >= 4 is 0 Å². The van der Waals surface area contributed by atoms with E-state index in [-0.39, 0.29) is 11.5 Å². The first-order valence-electron chi connectivity index (χ1n) is 6.44. The highest BCUT2D eigenvalue weighted by Crippen LogP contribution is 2.34. The third kappa shape index (κ3) is 4.53. The maximum absolute atomic E-state index is 12.6. The van der Waals surface area contributed by atoms with E-state index in [1.54, 1.807) is 6.07 Å². The van der Waals surface area contributed by atoms with Crippen LogP contribution >= 0.6 is 0 Å². The molecular formula is C15H22F3N. The minimum Gasteiger partial charge on any atom is -0.324 e. The molecule has 0 fully saturated rings. The molecule has 19 heavy (non-hydrogen) atoms. The predicted octanol–water partition coefficient (Wildman–Crippen LogP) is 4.78. The summed E-state index contributed by atoms with van der Waals surface area (Å²) in [6.45, 7) is 8.40. The lowest BCUT2D eigenvalue weighted by Gasteiger charge is -2.29. The summed E-state index contributed by atoms with van der Waals surface area (Å²) in [4.78, 5) is 0. The fraction of sp³-hybridized carbons (Fsp3) is 0.600. The first-order valence-corrected chi connectivity index (χ1v) is 6.44. The van der Waals surface area contributed by atoms with Gasteiger partial charge in [-0.2, -0.15) is 13.2 Å². The standard InChI is InChI=1S/C15H22F3N/c1-10(14(2,3)4)8-13(19)11-6-5-7-12(9-11)15(16,17)18/h5-7,9-10,13H,8,19H2,1-4H3. The van der Waals surface area contributed by atoms with Gasteiger partial charge in [-0.25, -0.2) is 0 Å². The minimum absolute atomic E-state index is 0.0965. The third-order valence-corrected chi connectivity index (χ3v) is 3.73. The van der Waals surface area contributed by atoms with Crippen LogP contribution in [-0.2, 0) is 6.18 Å². The van der Waals surface area contributed by atoms with Gasteiger partial charge in [-0.15, -0.1) is 0 Å². The average molecular weight is 273 g/mol. The predicted molar refractivity (Wildman–Crippen MR) is 71.6 cm³/mol. The highest BCUT2D eigenvalue weighted by atomic mass is 19.4. The van der Waals surface area contributed by atoms with E-state index in [1.165, 1.54) is 6.07 Å². The molecule has 0 radical (unpaired) electrons. The normalized spacial score (nSPS) is 16.2. The summed E-state index contributed by atoms with van der Waals surface area (Å²) in [5, 5.41) is 0. The quantitative estimate of drug-likeness (QED) is 0.842. The number of rotatable bonds is 3. The zero-order chi connectivity index (χ0) is 14.8. The Morgan fingerprint density at radius 1 is 1.16 bits per heavy atom. The van der Waals surface area contributed by atoms with Crippen LogP contribution in [0, 0.1) is 11.3 Å². The van der Waals surface area contributed by atoms with Crippen molar-refractivity contribution < 1.29 is 13.2 Å². The van der Waals surface area contributed by atoms with Gasteiger partial charge in [-0.05, 0) is 35.4 Å². The molecule has 0 amide bonds. The van der Waals surface area contributed by atoms with E-state index in [0.29, 0.717) is 17.9 Å². The van der Waals surface area contributed by atoms with Gasteiger partial charge in [0.25, 0.3) is 0 Å². The molecule has 0 heterocycles. The highest BCUT2D eigenvalue weighted by molar-refractivity contribution is 5.27. The largest absolute Gasteiger partial charge is 0.416 e. The summed E-state index contributed by atoms with van der Waals surface area (Å²) in [5.74, 6) is 0.331. The maximum Gasteiger partial charge on any atom is 0.416 e. The summed E-state index contributed by atoms with van der Waals surface area (Å²) >= 11 is 0. The molecule has 0 bridgehead atoms. The molecule has 2 unspecified atom stereocenters. The molecule has 2 N–H and O–H groups in total. The highest BCUT2D eigenvalue weighted by Gasteiger charge is 2.31. The number of benzene rings is 1. The van der Waals surface area contributed by atoms with Gasteiger partial charge in [0.1, 0.15) is 0 Å². The molecule has 1 rings (SSSR count). The topological polar surface area (TPSA) is 26.0 Å². The Balaban J connectivity index is 2.86. The Labute approximate surface area is 113 Å². The lowest BCUT2D eigenvalue weighted by molar-refractivity contribution is -0.137. The Bertz CT molecular complexity index is 418. The zero-order valence-corrected chi connectivity index (χ0v) is 11.9. The van der Waals surface area contributed by atoms with E-state index in [4.69, 9.17) is 5.73 Å². The van der Waals surface area contributed by atoms with Crippen molar-refractivity contribution in [2.75, 3.05) is 0 Å². The molecule has 4 heteroatoms. The number of hydrogen-bond donors (Lipinski definition) is 1. The van der Waals surface area contributed by atoms with Crippen molar-refractivity contribution in [2.45, 2.75) is 46.3 Å². The van der Waals surface area contributed by atoms with Gasteiger partial charge in [0.2, 0.25) is 0 Å². The summed E-state index contributed by atoms with van der Waals surface area (Å²) in [6.07, 6.45) is -3.64. The van der Waals surface area contributed by atoms with Crippen LogP contribution in [0.5, 0.6) is 0 Å². The van der Waals surface area contributed by atoms with Gasteiger partial charge in [0, 0.05) is 6.04 Å². The van der Waals surface area contributed by atoms with Gasteiger partial charge in [-0.3, -0.25) is 0 Å². The van der Waals surface area contributed by atoms with Crippen molar-refractivity contribution in [2.24, 2.45) is 17.1 Å². The third-order valence-electron chi connectivity index (χ3n) is 3.73. The molecule has 0 saturated carbocycles. The van der Waals surface area contributed by atoms with Crippen LogP contribution in [0.15, 0.2) is 24.3 Å². The molecule has 1 aromatic rings. The Kier molecular flexibility index (Phi) is 4.67. The molecule has 0 saturated heterocycles. The van der Waals surface area contributed by atoms with Gasteiger partial charge in [0.05, 0.1) is 5.56 Å². The summed E-state index contributed by atoms with van der Waals surface area (Å²) in [5.41, 5.74) is 6.05. The molecule has 108 valence electrons. The summed E-state index contributed by atoms with van der Waals surface area (Å²) < 4.78 is 37.9. The first-order chi connectivity index (χ1) is 8.51. The maximum atomic E-state index is 12.6. The van der Waals surface area contributed by atoms with E-state index in [1.807, 2.05) is 0 Å².